The summed E-state index contributed by atoms with van der Waals surface area (Å²) in [7, 11) is 0. The maximum atomic E-state index is 13.3. The molecule has 140 valence electrons. The molecule has 3 nitrogen and oxygen atoms in total. The van der Waals surface area contributed by atoms with E-state index in [1.807, 2.05) is 0 Å². The second-order valence-corrected chi connectivity index (χ2v) is 8.14. The van der Waals surface area contributed by atoms with Crippen LogP contribution < -0.4 is 0 Å². The van der Waals surface area contributed by atoms with Gasteiger partial charge in [-0.05, 0) is 99.2 Å². The van der Waals surface area contributed by atoms with Gasteiger partial charge in [-0.2, -0.15) is 4.79 Å². The van der Waals surface area contributed by atoms with Crippen LogP contribution in [0.4, 0.5) is 0 Å². The van der Waals surface area contributed by atoms with Crippen LogP contribution >= 0.6 is 0 Å². The minimum Gasteiger partial charge on any atom is -0.361 e. The van der Waals surface area contributed by atoms with Gasteiger partial charge in [0.05, 0.1) is 12.3 Å². The van der Waals surface area contributed by atoms with Crippen molar-refractivity contribution in [2.24, 2.45) is 0 Å². The molecule has 5 aliphatic rings. The van der Waals surface area contributed by atoms with E-state index in [0.717, 1.165) is 70.1 Å². The summed E-state index contributed by atoms with van der Waals surface area (Å²) in [6, 6.07) is 0. The molecular weight excluding hydrogens is 376 g/mol. The fraction of sp³-hybridized carbons (Fsp3) is 0.478. The predicted octanol–water partition coefficient (Wildman–Crippen LogP) is 4.59. The minimum absolute atomic E-state index is 0. The van der Waals surface area contributed by atoms with Crippen LogP contribution in [0.1, 0.15) is 70.6 Å². The Kier molecular flexibility index (Phi) is 5.98. The molecule has 5 rings (SSSR count). The number of carbonyl (C=O) groups excluding carboxylic acids is 1. The number of fused-ring (bicyclic) bond motifs is 5. The number of ketones is 1. The Morgan fingerprint density at radius 3 is 1.89 bits per heavy atom. The first-order valence-corrected chi connectivity index (χ1v) is 10.1. The molecule has 5 fully saturated rings. The van der Waals surface area contributed by atoms with Gasteiger partial charge < -0.3 is 5.53 Å². The summed E-state index contributed by atoms with van der Waals surface area (Å²) in [5.74, 6) is 10.7. The molecule has 0 saturated heterocycles. The first-order chi connectivity index (χ1) is 12.8. The topological polar surface area (TPSA) is 53.5 Å². The van der Waals surface area contributed by atoms with E-state index in [2.05, 4.69) is 17.6 Å². The quantitative estimate of drug-likeness (QED) is 0.333. The van der Waals surface area contributed by atoms with E-state index in [9.17, 15) is 10.3 Å². The number of rotatable bonds is 0. The molecule has 0 aromatic rings. The fourth-order valence-corrected chi connectivity index (χ4v) is 5.53. The van der Waals surface area contributed by atoms with E-state index in [1.165, 1.54) is 29.6 Å². The van der Waals surface area contributed by atoms with Crippen LogP contribution in [0.15, 0.2) is 0 Å². The third-order valence-corrected chi connectivity index (χ3v) is 6.71. The third-order valence-electron chi connectivity index (χ3n) is 6.71. The maximum absolute atomic E-state index is 13.3. The van der Waals surface area contributed by atoms with Crippen molar-refractivity contribution >= 4 is 11.5 Å². The van der Waals surface area contributed by atoms with E-state index in [1.54, 1.807) is 11.8 Å². The molecule has 0 unspecified atom stereocenters. The van der Waals surface area contributed by atoms with Gasteiger partial charge in [-0.3, -0.25) is 4.79 Å². The Balaban J connectivity index is 0.00000180. The predicted molar refractivity (Wildman–Crippen MR) is 99.0 cm³/mol. The van der Waals surface area contributed by atoms with Gasteiger partial charge in [0.15, 0.2) is 0 Å². The van der Waals surface area contributed by atoms with Gasteiger partial charge in [-0.1, -0.05) is 19.3 Å². The molecule has 0 aliphatic heterocycles. The van der Waals surface area contributed by atoms with E-state index in [4.69, 9.17) is 0 Å². The zero-order valence-corrected chi connectivity index (χ0v) is 16.7. The second-order valence-electron chi connectivity index (χ2n) is 8.14. The van der Waals surface area contributed by atoms with Crippen LogP contribution in [0.2, 0.25) is 0 Å². The van der Waals surface area contributed by atoms with Crippen molar-refractivity contribution in [3.8, 4) is 0 Å². The number of hydrogen-bond donors (Lipinski definition) is 0. The van der Waals surface area contributed by atoms with Crippen LogP contribution in [0.25, 0.3) is 5.53 Å². The van der Waals surface area contributed by atoms with Crippen molar-refractivity contribution < 1.29 is 26.7 Å². The largest absolute Gasteiger partial charge is 0.361 e. The first-order valence-electron chi connectivity index (χ1n) is 10.1. The monoisotopic (exact) mass is 400 g/mol. The van der Waals surface area contributed by atoms with Crippen molar-refractivity contribution in [2.45, 2.75) is 70.6 Å². The van der Waals surface area contributed by atoms with Gasteiger partial charge in [0.25, 0.3) is 0 Å². The summed E-state index contributed by atoms with van der Waals surface area (Å²) in [5.41, 5.74) is 9.92. The fourth-order valence-electron chi connectivity index (χ4n) is 5.53. The van der Waals surface area contributed by atoms with Gasteiger partial charge in [-0.25, -0.2) is 0 Å². The summed E-state index contributed by atoms with van der Waals surface area (Å²) >= 11 is 0. The first kappa shape index (κ1) is 19.9. The molecule has 0 atom stereocenters. The SMILES string of the molecule is [Fe].[N-]=[N+]=C1CC[C]2[C]3[CH][C]4CCC[C]5[CH][C](CCC3)[C]([C]5CCC[C]42)C1=O. The van der Waals surface area contributed by atoms with Crippen LogP contribution in [0.3, 0.4) is 0 Å². The molecule has 0 heterocycles. The third kappa shape index (κ3) is 3.41. The summed E-state index contributed by atoms with van der Waals surface area (Å²) in [5, 5.41) is 0. The average Bonchev–Trinajstić information content (AvgIpc) is 3.13. The van der Waals surface area contributed by atoms with Crippen molar-refractivity contribution in [2.75, 3.05) is 0 Å². The molecule has 0 aromatic heterocycles. The molecule has 0 spiro atoms. The number of Topliss-reactive ketones (excluding diaryl/α,β-unsaturated/α-hetero) is 1. The molecule has 0 aromatic carbocycles. The number of hydrogen-bond acceptors (Lipinski definition) is 1. The van der Waals surface area contributed by atoms with E-state index >= 15 is 0 Å². The molecule has 0 N–H and O–H groups in total. The minimum atomic E-state index is -0.0262. The molecule has 4 heteroatoms. The van der Waals surface area contributed by atoms with Gasteiger partial charge in [0.2, 0.25) is 5.78 Å². The van der Waals surface area contributed by atoms with Crippen LogP contribution in [0, 0.1) is 60.2 Å². The zero-order valence-electron chi connectivity index (χ0n) is 15.6. The number of carbonyl (C=O) groups is 1. The van der Waals surface area contributed by atoms with Gasteiger partial charge >= 0.3 is 5.71 Å². The Hall–Kier alpha value is -0.431. The normalized spacial score (nSPS) is 30.5. The summed E-state index contributed by atoms with van der Waals surface area (Å²) < 4.78 is 0. The average molecular weight is 400 g/mol. The van der Waals surface area contributed by atoms with Gasteiger partial charge in [-0.15, -0.1) is 0 Å². The Morgan fingerprint density at radius 2 is 1.19 bits per heavy atom. The van der Waals surface area contributed by atoms with Crippen molar-refractivity contribution in [3.05, 3.63) is 65.7 Å². The molecule has 5 saturated carbocycles. The van der Waals surface area contributed by atoms with E-state index in [-0.39, 0.29) is 22.9 Å². The summed E-state index contributed by atoms with van der Waals surface area (Å²) in [4.78, 5) is 16.8. The van der Waals surface area contributed by atoms with Crippen molar-refractivity contribution in [1.82, 2.24) is 0 Å². The Bertz CT molecular complexity index is 628. The van der Waals surface area contributed by atoms with Crippen LogP contribution in [0.5, 0.6) is 0 Å². The molecule has 0 amide bonds. The summed E-state index contributed by atoms with van der Waals surface area (Å²) in [6.07, 6.45) is 15.8. The molecule has 5 aliphatic carbocycles. The molecular formula is C23H24FeN2O. The van der Waals surface area contributed by atoms with E-state index in [0.29, 0.717) is 12.1 Å². The van der Waals surface area contributed by atoms with Crippen LogP contribution in [-0.4, -0.2) is 16.3 Å². The zero-order chi connectivity index (χ0) is 17.7. The van der Waals surface area contributed by atoms with Gasteiger partial charge in [0, 0.05) is 17.1 Å². The Morgan fingerprint density at radius 1 is 0.667 bits per heavy atom. The summed E-state index contributed by atoms with van der Waals surface area (Å²) in [6.45, 7) is 0. The second kappa shape index (κ2) is 8.13. The standard InChI is InChI=1S/C23H24N2O.Fe/c24-25-21-11-10-19-15-5-2-7-17-13-16-6-1-4-14(12-15)18(19)8-3-9-20(16)22(17)23(21)26;/h12-13H,1-11H2;. The molecule has 27 heavy (non-hydrogen) atoms. The maximum Gasteiger partial charge on any atom is 0.335 e. The van der Waals surface area contributed by atoms with Crippen molar-refractivity contribution in [3.63, 3.8) is 0 Å². The Labute approximate surface area is 174 Å². The van der Waals surface area contributed by atoms with E-state index < -0.39 is 0 Å². The smallest absolute Gasteiger partial charge is 0.335 e. The van der Waals surface area contributed by atoms with Crippen LogP contribution in [-0.2, 0) is 21.9 Å². The van der Waals surface area contributed by atoms with Crippen molar-refractivity contribution in [1.29, 1.82) is 0 Å². The van der Waals surface area contributed by atoms with Gasteiger partial charge in [0.1, 0.15) is 0 Å². The molecule has 10 radical (unpaired) electrons. The molecule has 4 bridgehead atoms. The number of nitrogens with zero attached hydrogens (tertiary/aromatic N) is 2.